The zero-order valence-corrected chi connectivity index (χ0v) is 19.7. The summed E-state index contributed by atoms with van der Waals surface area (Å²) in [5, 5.41) is 19.9. The first-order chi connectivity index (χ1) is 16.9. The lowest BCUT2D eigenvalue weighted by Gasteiger charge is -2.49. The number of aliphatic carboxylic acids is 1. The summed E-state index contributed by atoms with van der Waals surface area (Å²) in [5.74, 6) is -2.17. The van der Waals surface area contributed by atoms with E-state index in [-0.39, 0.29) is 28.9 Å². The summed E-state index contributed by atoms with van der Waals surface area (Å²) in [6, 6.07) is 2.69. The molecule has 35 heavy (non-hydrogen) atoms. The van der Waals surface area contributed by atoms with Gasteiger partial charge in [0, 0.05) is 28.9 Å². The number of carboxylic acids is 1. The van der Waals surface area contributed by atoms with E-state index in [4.69, 9.17) is 10.6 Å². The van der Waals surface area contributed by atoms with Crippen LogP contribution >= 0.6 is 23.3 Å². The van der Waals surface area contributed by atoms with Crippen LogP contribution in [0.1, 0.15) is 5.82 Å². The molecule has 16 heteroatoms. The molecule has 2 atom stereocenters. The molecule has 1 unspecified atom stereocenters. The standard InChI is InChI=1S/C19H17N9O5S2/c1-33-24-11(14-23-19(20)35-25-14)15(29)22-12-16(30)28-13(18(31)32)9(8-34-17(12)28)7-26-5-6-27-10(26)3-2-4-21-27/h2-6,12,17H,7-8H2,1H3,(H3-,20,22,23,25,29,31,32)/p+1/b24-11+/t12-,17?/m1/s1. The van der Waals surface area contributed by atoms with Crippen LogP contribution in [0.4, 0.5) is 5.13 Å². The molecule has 1 fully saturated rings. The quantitative estimate of drug-likeness (QED) is 0.150. The van der Waals surface area contributed by atoms with Crippen molar-refractivity contribution in [2.75, 3.05) is 18.6 Å². The van der Waals surface area contributed by atoms with E-state index >= 15 is 0 Å². The maximum Gasteiger partial charge on any atom is 0.352 e. The number of amides is 2. The van der Waals surface area contributed by atoms with E-state index in [0.29, 0.717) is 11.3 Å². The number of rotatable bonds is 7. The smallest absolute Gasteiger partial charge is 0.352 e. The van der Waals surface area contributed by atoms with Crippen molar-refractivity contribution in [1.29, 1.82) is 0 Å². The Morgan fingerprint density at radius 1 is 1.46 bits per heavy atom. The van der Waals surface area contributed by atoms with E-state index in [1.54, 1.807) is 29.2 Å². The lowest BCUT2D eigenvalue weighted by Crippen LogP contribution is -2.71. The second-order valence-electron chi connectivity index (χ2n) is 7.45. The Morgan fingerprint density at radius 2 is 2.29 bits per heavy atom. The fourth-order valence-electron chi connectivity index (χ4n) is 3.90. The van der Waals surface area contributed by atoms with Gasteiger partial charge in [-0.1, -0.05) is 10.3 Å². The number of aromatic nitrogens is 5. The lowest BCUT2D eigenvalue weighted by molar-refractivity contribution is -0.662. The van der Waals surface area contributed by atoms with E-state index < -0.39 is 29.2 Å². The normalized spacial score (nSPS) is 20.0. The monoisotopic (exact) mass is 516 g/mol. The third-order valence-corrected chi connectivity index (χ3v) is 7.27. The molecule has 4 N–H and O–H groups in total. The van der Waals surface area contributed by atoms with Gasteiger partial charge in [-0.05, 0) is 6.07 Å². The van der Waals surface area contributed by atoms with Crippen molar-refractivity contribution in [2.24, 2.45) is 5.16 Å². The first-order valence-electron chi connectivity index (χ1n) is 10.1. The summed E-state index contributed by atoms with van der Waals surface area (Å²) in [7, 11) is 1.25. The lowest BCUT2D eigenvalue weighted by atomic mass is 10.0. The number of nitrogens with two attached hydrogens (primary N) is 1. The average molecular weight is 517 g/mol. The summed E-state index contributed by atoms with van der Waals surface area (Å²) >= 11 is 2.24. The molecule has 1 saturated heterocycles. The van der Waals surface area contributed by atoms with Gasteiger partial charge in [-0.3, -0.25) is 14.5 Å². The Bertz CT molecular complexity index is 1410. The molecule has 0 bridgehead atoms. The minimum atomic E-state index is -1.21. The summed E-state index contributed by atoms with van der Waals surface area (Å²) in [4.78, 5) is 47.8. The second-order valence-corrected chi connectivity index (χ2v) is 9.34. The Labute approximate surface area is 205 Å². The summed E-state index contributed by atoms with van der Waals surface area (Å²) in [5.41, 5.74) is 6.60. The molecule has 0 aliphatic carbocycles. The number of thioether (sulfide) groups is 1. The van der Waals surface area contributed by atoms with Gasteiger partial charge in [0.05, 0.1) is 6.20 Å². The minimum absolute atomic E-state index is 0.0357. The largest absolute Gasteiger partial charge is 0.477 e. The van der Waals surface area contributed by atoms with Crippen molar-refractivity contribution in [1.82, 2.24) is 29.2 Å². The number of oxime groups is 1. The van der Waals surface area contributed by atoms with Crippen molar-refractivity contribution in [3.63, 3.8) is 0 Å². The van der Waals surface area contributed by atoms with Crippen molar-refractivity contribution < 1.29 is 28.9 Å². The molecule has 2 aliphatic rings. The maximum absolute atomic E-state index is 13.0. The highest BCUT2D eigenvalue weighted by Gasteiger charge is 2.54. The first-order valence-corrected chi connectivity index (χ1v) is 11.9. The van der Waals surface area contributed by atoms with Crippen molar-refractivity contribution in [3.8, 4) is 0 Å². The molecule has 2 amide bonds. The van der Waals surface area contributed by atoms with Gasteiger partial charge in [0.1, 0.15) is 37.0 Å². The maximum atomic E-state index is 13.0. The molecule has 14 nitrogen and oxygen atoms in total. The number of carbonyl (C=O) groups is 3. The number of hydrogen-bond acceptors (Lipinski definition) is 11. The topological polar surface area (TPSA) is 181 Å². The number of fused-ring (bicyclic) bond motifs is 2. The van der Waals surface area contributed by atoms with Crippen LogP contribution in [-0.2, 0) is 25.8 Å². The molecule has 3 aromatic heterocycles. The van der Waals surface area contributed by atoms with E-state index in [0.717, 1.165) is 17.2 Å². The fraction of sp³-hybridized carbons (Fsp3) is 0.263. The van der Waals surface area contributed by atoms with Crippen molar-refractivity contribution in [3.05, 3.63) is 47.8 Å². The Kier molecular flexibility index (Phi) is 5.81. The van der Waals surface area contributed by atoms with Gasteiger partial charge in [0.2, 0.25) is 11.5 Å². The van der Waals surface area contributed by atoms with Gasteiger partial charge in [0.25, 0.3) is 11.8 Å². The molecule has 180 valence electrons. The van der Waals surface area contributed by atoms with Crippen LogP contribution in [0.25, 0.3) is 5.65 Å². The zero-order chi connectivity index (χ0) is 24.7. The number of carboxylic acid groups (broad SMARTS) is 1. The first kappa shape index (κ1) is 22.7. The Balaban J connectivity index is 1.37. The summed E-state index contributed by atoms with van der Waals surface area (Å²) in [6.07, 6.45) is 5.21. The molecule has 0 saturated carbocycles. The molecule has 0 spiro atoms. The van der Waals surface area contributed by atoms with Crippen LogP contribution in [0.15, 0.2) is 47.1 Å². The summed E-state index contributed by atoms with van der Waals surface area (Å²) < 4.78 is 7.48. The molecular formula is C19H18N9O5S2+. The number of nitrogens with one attached hydrogen (secondary N) is 1. The third-order valence-electron chi connectivity index (χ3n) is 5.39. The number of carbonyl (C=O) groups excluding carboxylic acids is 2. The van der Waals surface area contributed by atoms with E-state index in [1.807, 2.05) is 10.6 Å². The second kappa shape index (κ2) is 8.95. The van der Waals surface area contributed by atoms with Crippen molar-refractivity contribution >= 4 is 57.6 Å². The molecule has 5 rings (SSSR count). The molecule has 3 aromatic rings. The van der Waals surface area contributed by atoms with Gasteiger partial charge in [-0.2, -0.15) is 9.36 Å². The van der Waals surface area contributed by atoms with E-state index in [9.17, 15) is 19.5 Å². The number of imidazole rings is 1. The highest BCUT2D eigenvalue weighted by atomic mass is 32.2. The number of hydrogen-bond donors (Lipinski definition) is 3. The van der Waals surface area contributed by atoms with Crippen LogP contribution in [0.5, 0.6) is 0 Å². The van der Waals surface area contributed by atoms with Crippen LogP contribution in [-0.4, -0.2) is 76.8 Å². The predicted octanol–water partition coefficient (Wildman–Crippen LogP) is -1.16. The van der Waals surface area contributed by atoms with Crippen LogP contribution < -0.4 is 15.6 Å². The number of nitrogens with zero attached hydrogens (tertiary/aromatic N) is 7. The molecular weight excluding hydrogens is 498 g/mol. The molecule has 0 radical (unpaired) electrons. The van der Waals surface area contributed by atoms with E-state index in [1.165, 1.54) is 23.8 Å². The number of nitrogen functional groups attached to an aromatic ring is 1. The van der Waals surface area contributed by atoms with Crippen molar-refractivity contribution in [2.45, 2.75) is 18.0 Å². The molecule has 2 aliphatic heterocycles. The Morgan fingerprint density at radius 3 is 3.00 bits per heavy atom. The van der Waals surface area contributed by atoms with Gasteiger partial charge in [-0.15, -0.1) is 16.3 Å². The zero-order valence-electron chi connectivity index (χ0n) is 18.1. The van der Waals surface area contributed by atoms with Crippen LogP contribution in [0.2, 0.25) is 0 Å². The molecule has 5 heterocycles. The minimum Gasteiger partial charge on any atom is -0.477 e. The third kappa shape index (κ3) is 3.95. The highest BCUT2D eigenvalue weighted by molar-refractivity contribution is 8.00. The Hall–Kier alpha value is -4.05. The van der Waals surface area contributed by atoms with E-state index in [2.05, 4.69) is 24.9 Å². The van der Waals surface area contributed by atoms with Crippen LogP contribution in [0.3, 0.4) is 0 Å². The summed E-state index contributed by atoms with van der Waals surface area (Å²) in [6.45, 7) is 0.270. The average Bonchev–Trinajstić information content (AvgIpc) is 3.46. The number of anilines is 1. The predicted molar refractivity (Wildman–Crippen MR) is 123 cm³/mol. The SMILES string of the molecule is CO/N=C(/C(=O)N[C@@H]1C(=O)N2C(C(=O)O)=C(C[n+]3ccn4ncccc43)CSC12)c1nsc(N)n1. The van der Waals surface area contributed by atoms with Crippen LogP contribution in [0, 0.1) is 0 Å². The van der Waals surface area contributed by atoms with Gasteiger partial charge in [0.15, 0.2) is 11.3 Å². The van der Waals surface area contributed by atoms with Gasteiger partial charge >= 0.3 is 11.6 Å². The number of β-lactam (4-membered cyclic amide) rings is 1. The fourth-order valence-corrected chi connectivity index (χ4v) is 5.67. The van der Waals surface area contributed by atoms with Gasteiger partial charge < -0.3 is 21.0 Å². The molecule has 0 aromatic carbocycles. The highest BCUT2D eigenvalue weighted by Crippen LogP contribution is 2.40. The van der Waals surface area contributed by atoms with Gasteiger partial charge in [-0.25, -0.2) is 9.36 Å².